The number of aryl methyl sites for hydroxylation is 1. The van der Waals surface area contributed by atoms with Crippen LogP contribution in [0.25, 0.3) is 11.3 Å². The maximum atomic E-state index is 14.3. The minimum atomic E-state index is -0.451. The number of likely N-dealkylation sites (N-methyl/N-ethyl adjacent to an activating group) is 1. The minimum Gasteiger partial charge on any atom is -0.351 e. The first-order valence-electron chi connectivity index (χ1n) is 11.2. The Morgan fingerprint density at radius 1 is 1.21 bits per heavy atom. The summed E-state index contributed by atoms with van der Waals surface area (Å²) < 4.78 is 14.3. The lowest BCUT2D eigenvalue weighted by molar-refractivity contribution is -0.117. The average Bonchev–Trinajstić information content (AvgIpc) is 3.36. The van der Waals surface area contributed by atoms with Crippen LogP contribution in [0.2, 0.25) is 0 Å². The molecule has 1 amide bonds. The number of aromatic amines is 1. The number of rotatable bonds is 6. The summed E-state index contributed by atoms with van der Waals surface area (Å²) in [7, 11) is 2.12. The van der Waals surface area contributed by atoms with Crippen LogP contribution in [-0.4, -0.2) is 69.7 Å². The molecule has 3 aromatic rings. The molecule has 2 aliphatic heterocycles. The third-order valence-corrected chi connectivity index (χ3v) is 6.48. The van der Waals surface area contributed by atoms with E-state index in [0.717, 1.165) is 25.1 Å². The number of halogens is 1. The van der Waals surface area contributed by atoms with Crippen molar-refractivity contribution in [3.63, 3.8) is 0 Å². The summed E-state index contributed by atoms with van der Waals surface area (Å²) in [4.78, 5) is 33.7. The Balaban J connectivity index is 1.28. The number of aromatic nitrogens is 3. The van der Waals surface area contributed by atoms with Crippen LogP contribution in [0.5, 0.6) is 0 Å². The number of anilines is 3. The number of benzene rings is 1. The van der Waals surface area contributed by atoms with Crippen molar-refractivity contribution < 1.29 is 9.18 Å². The lowest BCUT2D eigenvalue weighted by atomic mass is 10.1. The Morgan fingerprint density at radius 3 is 2.82 bits per heavy atom. The van der Waals surface area contributed by atoms with Gasteiger partial charge in [-0.1, -0.05) is 11.6 Å². The Labute approximate surface area is 196 Å². The molecule has 1 aromatic carbocycles. The lowest BCUT2D eigenvalue weighted by Gasteiger charge is -2.31. The normalized spacial score (nSPS) is 20.0. The topological polar surface area (TPSA) is 106 Å². The summed E-state index contributed by atoms with van der Waals surface area (Å²) >= 11 is 0. The molecule has 2 aliphatic rings. The molecule has 34 heavy (non-hydrogen) atoms. The zero-order chi connectivity index (χ0) is 23.8. The van der Waals surface area contributed by atoms with Gasteiger partial charge in [0.05, 0.1) is 12.2 Å². The smallest absolute Gasteiger partial charge is 0.287 e. The van der Waals surface area contributed by atoms with E-state index in [9.17, 15) is 14.0 Å². The molecule has 3 N–H and O–H groups in total. The number of carbonyl (C=O) groups excluding carboxylic acids is 1. The second-order valence-electron chi connectivity index (χ2n) is 8.99. The number of carbonyl (C=O) groups is 1. The van der Waals surface area contributed by atoms with Crippen molar-refractivity contribution >= 4 is 23.1 Å². The molecular weight excluding hydrogens is 437 g/mol. The standard InChI is InChI=1S/C24H26FN7O2/c1-14-3-4-19(25)18(7-14)20-10-21(24(34)30-29-20)27-15-5-6-26-22(8-15)28-23(33)13-32-12-16-9-17(32)11-31(16)2/h3-8,10,16-17H,9,11-13H2,1-2H3,(H,30,34)(H2,26,27,28,29,33)/t16-,17-/m0/s1. The monoisotopic (exact) mass is 463 g/mol. The summed E-state index contributed by atoms with van der Waals surface area (Å²) in [5.74, 6) is -0.173. The van der Waals surface area contributed by atoms with Gasteiger partial charge in [0.1, 0.15) is 17.3 Å². The molecule has 0 spiro atoms. The van der Waals surface area contributed by atoms with E-state index in [1.807, 2.05) is 6.92 Å². The largest absolute Gasteiger partial charge is 0.351 e. The number of likely N-dealkylation sites (tertiary alicyclic amines) is 2. The molecular formula is C24H26FN7O2. The summed E-state index contributed by atoms with van der Waals surface area (Å²) in [5.41, 5.74) is 1.78. The van der Waals surface area contributed by atoms with E-state index >= 15 is 0 Å². The first-order valence-corrected chi connectivity index (χ1v) is 11.2. The highest BCUT2D eigenvalue weighted by Crippen LogP contribution is 2.29. The van der Waals surface area contributed by atoms with Gasteiger partial charge in [-0.3, -0.25) is 14.5 Å². The number of nitrogens with one attached hydrogen (secondary N) is 3. The predicted molar refractivity (Wildman–Crippen MR) is 128 cm³/mol. The highest BCUT2D eigenvalue weighted by Gasteiger charge is 2.41. The number of H-pyrrole nitrogens is 1. The SMILES string of the molecule is Cc1ccc(F)c(-c2cc(Nc3ccnc(NC(=O)CN4C[C@@H]5C[C@H]4CN5C)c3)c(=O)[nH]n2)c1. The number of fused-ring (bicyclic) bond motifs is 2. The highest BCUT2D eigenvalue weighted by molar-refractivity contribution is 5.92. The zero-order valence-electron chi connectivity index (χ0n) is 19.0. The van der Waals surface area contributed by atoms with E-state index in [-0.39, 0.29) is 11.6 Å². The van der Waals surface area contributed by atoms with Gasteiger partial charge in [-0.05, 0) is 44.7 Å². The predicted octanol–water partition coefficient (Wildman–Crippen LogP) is 2.35. The molecule has 9 nitrogen and oxygen atoms in total. The Hall–Kier alpha value is -3.63. The van der Waals surface area contributed by atoms with Crippen LogP contribution >= 0.6 is 0 Å². The molecule has 4 heterocycles. The van der Waals surface area contributed by atoms with Crippen molar-refractivity contribution in [2.75, 3.05) is 37.3 Å². The van der Waals surface area contributed by atoms with Gasteiger partial charge in [-0.2, -0.15) is 5.10 Å². The molecule has 2 atom stereocenters. The number of pyridine rings is 1. The number of hydrogen-bond donors (Lipinski definition) is 3. The van der Waals surface area contributed by atoms with E-state index in [2.05, 4.69) is 42.7 Å². The molecule has 0 unspecified atom stereocenters. The number of piperazine rings is 1. The molecule has 2 bridgehead atoms. The molecule has 0 saturated carbocycles. The van der Waals surface area contributed by atoms with E-state index in [1.165, 1.54) is 12.1 Å². The first kappa shape index (κ1) is 22.2. The van der Waals surface area contributed by atoms with Crippen molar-refractivity contribution in [1.82, 2.24) is 25.0 Å². The van der Waals surface area contributed by atoms with Crippen LogP contribution in [0.1, 0.15) is 12.0 Å². The highest BCUT2D eigenvalue weighted by atomic mass is 19.1. The van der Waals surface area contributed by atoms with Crippen molar-refractivity contribution in [2.24, 2.45) is 0 Å². The molecule has 5 rings (SSSR count). The number of amides is 1. The Kier molecular flexibility index (Phi) is 5.84. The van der Waals surface area contributed by atoms with E-state index in [1.54, 1.807) is 30.5 Å². The van der Waals surface area contributed by atoms with Gasteiger partial charge in [0, 0.05) is 48.7 Å². The first-order chi connectivity index (χ1) is 16.4. The molecule has 2 fully saturated rings. The molecule has 0 radical (unpaired) electrons. The van der Waals surface area contributed by atoms with Crippen LogP contribution in [0.4, 0.5) is 21.6 Å². The quantitative estimate of drug-likeness (QED) is 0.515. The summed E-state index contributed by atoms with van der Waals surface area (Å²) in [6, 6.07) is 10.5. The fraction of sp³-hybridized carbons (Fsp3) is 0.333. The average molecular weight is 464 g/mol. The molecule has 10 heteroatoms. The van der Waals surface area contributed by atoms with E-state index < -0.39 is 11.4 Å². The van der Waals surface area contributed by atoms with Crippen molar-refractivity contribution in [3.05, 3.63) is 64.3 Å². The summed E-state index contributed by atoms with van der Waals surface area (Å²) in [5, 5.41) is 12.2. The second-order valence-corrected chi connectivity index (χ2v) is 8.99. The van der Waals surface area contributed by atoms with Crippen LogP contribution < -0.4 is 16.2 Å². The van der Waals surface area contributed by atoms with Crippen LogP contribution in [-0.2, 0) is 4.79 Å². The maximum absolute atomic E-state index is 14.3. The Morgan fingerprint density at radius 2 is 2.06 bits per heavy atom. The molecule has 2 saturated heterocycles. The number of nitrogens with zero attached hydrogens (tertiary/aromatic N) is 4. The molecule has 0 aliphatic carbocycles. The third kappa shape index (κ3) is 4.55. The minimum absolute atomic E-state index is 0.126. The third-order valence-electron chi connectivity index (χ3n) is 6.48. The van der Waals surface area contributed by atoms with Gasteiger partial charge in [0.2, 0.25) is 5.91 Å². The van der Waals surface area contributed by atoms with Gasteiger partial charge in [-0.15, -0.1) is 0 Å². The van der Waals surface area contributed by atoms with Crippen molar-refractivity contribution in [3.8, 4) is 11.3 Å². The van der Waals surface area contributed by atoms with E-state index in [0.29, 0.717) is 41.4 Å². The summed E-state index contributed by atoms with van der Waals surface area (Å²) in [6.45, 7) is 4.07. The van der Waals surface area contributed by atoms with Crippen LogP contribution in [0, 0.1) is 12.7 Å². The van der Waals surface area contributed by atoms with Crippen LogP contribution in [0.15, 0.2) is 47.4 Å². The lowest BCUT2D eigenvalue weighted by Crippen LogP contribution is -2.47. The van der Waals surface area contributed by atoms with Gasteiger partial charge in [0.25, 0.3) is 5.56 Å². The van der Waals surface area contributed by atoms with Crippen molar-refractivity contribution in [1.29, 1.82) is 0 Å². The maximum Gasteiger partial charge on any atom is 0.287 e. The van der Waals surface area contributed by atoms with Crippen LogP contribution in [0.3, 0.4) is 0 Å². The number of hydrogen-bond acceptors (Lipinski definition) is 7. The molecule has 176 valence electrons. The fourth-order valence-electron chi connectivity index (χ4n) is 4.71. The second kappa shape index (κ2) is 8.96. The van der Waals surface area contributed by atoms with Gasteiger partial charge >= 0.3 is 0 Å². The summed E-state index contributed by atoms with van der Waals surface area (Å²) in [6.07, 6.45) is 2.65. The van der Waals surface area contributed by atoms with E-state index in [4.69, 9.17) is 0 Å². The van der Waals surface area contributed by atoms with Crippen molar-refractivity contribution in [2.45, 2.75) is 25.4 Å². The van der Waals surface area contributed by atoms with Gasteiger partial charge in [-0.25, -0.2) is 14.5 Å². The van der Waals surface area contributed by atoms with Gasteiger partial charge < -0.3 is 15.5 Å². The Bertz CT molecular complexity index is 1290. The zero-order valence-corrected chi connectivity index (χ0v) is 19.0. The molecule has 2 aromatic heterocycles. The van der Waals surface area contributed by atoms with Gasteiger partial charge in [0.15, 0.2) is 0 Å². The fourth-order valence-corrected chi connectivity index (χ4v) is 4.71.